The number of aromatic nitrogens is 2. The molecule has 1 amide bonds. The van der Waals surface area contributed by atoms with Gasteiger partial charge >= 0.3 is 6.09 Å². The van der Waals surface area contributed by atoms with E-state index in [2.05, 4.69) is 25.9 Å². The summed E-state index contributed by atoms with van der Waals surface area (Å²) < 4.78 is 6.90. The molecule has 1 atom stereocenters. The van der Waals surface area contributed by atoms with Crippen LogP contribution in [0.25, 0.3) is 10.2 Å². The van der Waals surface area contributed by atoms with E-state index in [9.17, 15) is 9.59 Å². The van der Waals surface area contributed by atoms with Crippen molar-refractivity contribution < 1.29 is 9.53 Å². The number of ether oxygens (including phenoxy) is 1. The van der Waals surface area contributed by atoms with E-state index >= 15 is 0 Å². The number of nitrogens with zero attached hydrogens (tertiary/aromatic N) is 2. The Morgan fingerprint density at radius 1 is 1.52 bits per heavy atom. The van der Waals surface area contributed by atoms with Crippen LogP contribution in [0.5, 0.6) is 0 Å². The Labute approximate surface area is 146 Å². The van der Waals surface area contributed by atoms with E-state index in [1.165, 1.54) is 11.3 Å². The quantitative estimate of drug-likeness (QED) is 0.790. The van der Waals surface area contributed by atoms with E-state index in [-0.39, 0.29) is 17.7 Å². The van der Waals surface area contributed by atoms with Crippen molar-refractivity contribution in [1.82, 2.24) is 14.9 Å². The normalized spacial score (nSPS) is 18.6. The second kappa shape index (κ2) is 5.90. The average molecular weight is 400 g/mol. The van der Waals surface area contributed by atoms with Crippen molar-refractivity contribution >= 4 is 43.6 Å². The van der Waals surface area contributed by atoms with Gasteiger partial charge < -0.3 is 9.72 Å². The molecule has 1 saturated heterocycles. The lowest BCUT2D eigenvalue weighted by Crippen LogP contribution is -2.37. The monoisotopic (exact) mass is 399 g/mol. The van der Waals surface area contributed by atoms with Crippen LogP contribution < -0.4 is 5.56 Å². The van der Waals surface area contributed by atoms with E-state index in [4.69, 9.17) is 4.74 Å². The standard InChI is InChI=1S/C15H18BrN3O3S/c1-15(2,3)22-14(21)19-6-4-5-9(19)12-17-8-7-10(16)23-11(8)13(20)18-12/h7,9H,4-6H2,1-3H3,(H,17,18,20)/t9-/m0/s1. The molecule has 1 N–H and O–H groups in total. The molecule has 0 aromatic carbocycles. The third-order valence-electron chi connectivity index (χ3n) is 3.57. The van der Waals surface area contributed by atoms with Gasteiger partial charge in [-0.2, -0.15) is 0 Å². The number of fused-ring (bicyclic) bond motifs is 1. The third kappa shape index (κ3) is 3.42. The average Bonchev–Trinajstić information content (AvgIpc) is 3.02. The van der Waals surface area contributed by atoms with Gasteiger partial charge in [-0.05, 0) is 55.6 Å². The zero-order valence-electron chi connectivity index (χ0n) is 13.2. The van der Waals surface area contributed by atoms with Gasteiger partial charge in [0.25, 0.3) is 5.56 Å². The van der Waals surface area contributed by atoms with Gasteiger partial charge in [0.2, 0.25) is 0 Å². The van der Waals surface area contributed by atoms with Crippen LogP contribution >= 0.6 is 27.3 Å². The largest absolute Gasteiger partial charge is 0.444 e. The van der Waals surface area contributed by atoms with Crippen LogP contribution in [0.1, 0.15) is 45.5 Å². The molecule has 1 aliphatic rings. The molecule has 0 radical (unpaired) electrons. The molecule has 2 aromatic rings. The van der Waals surface area contributed by atoms with Crippen LogP contribution in [0, 0.1) is 0 Å². The van der Waals surface area contributed by atoms with Gasteiger partial charge in [0.15, 0.2) is 0 Å². The van der Waals surface area contributed by atoms with Crippen molar-refractivity contribution in [2.24, 2.45) is 0 Å². The van der Waals surface area contributed by atoms with E-state index < -0.39 is 5.60 Å². The number of thiophene rings is 1. The zero-order valence-corrected chi connectivity index (χ0v) is 15.6. The molecule has 0 spiro atoms. The maximum Gasteiger partial charge on any atom is 0.410 e. The molecule has 6 nitrogen and oxygen atoms in total. The van der Waals surface area contributed by atoms with Gasteiger partial charge in [-0.1, -0.05) is 0 Å². The van der Waals surface area contributed by atoms with Crippen molar-refractivity contribution in [3.05, 3.63) is 26.0 Å². The van der Waals surface area contributed by atoms with Crippen LogP contribution in [0.15, 0.2) is 14.6 Å². The number of amides is 1. The van der Waals surface area contributed by atoms with Crippen molar-refractivity contribution in [1.29, 1.82) is 0 Å². The summed E-state index contributed by atoms with van der Waals surface area (Å²) in [6.07, 6.45) is 1.26. The molecule has 23 heavy (non-hydrogen) atoms. The highest BCUT2D eigenvalue weighted by Gasteiger charge is 2.34. The van der Waals surface area contributed by atoms with Gasteiger partial charge in [-0.15, -0.1) is 11.3 Å². The molecule has 0 bridgehead atoms. The predicted octanol–water partition coefficient (Wildman–Crippen LogP) is 3.82. The fourth-order valence-corrected chi connectivity index (χ4v) is 4.10. The lowest BCUT2D eigenvalue weighted by atomic mass is 10.2. The number of H-pyrrole nitrogens is 1. The van der Waals surface area contributed by atoms with E-state index in [0.29, 0.717) is 22.6 Å². The van der Waals surface area contributed by atoms with Crippen LogP contribution in [-0.2, 0) is 4.74 Å². The summed E-state index contributed by atoms with van der Waals surface area (Å²) in [5.74, 6) is 0.524. The first-order chi connectivity index (χ1) is 10.7. The summed E-state index contributed by atoms with van der Waals surface area (Å²) in [6.45, 7) is 6.12. The van der Waals surface area contributed by atoms with Crippen molar-refractivity contribution in [3.63, 3.8) is 0 Å². The zero-order chi connectivity index (χ0) is 16.8. The van der Waals surface area contributed by atoms with Crippen molar-refractivity contribution in [3.8, 4) is 0 Å². The molecule has 1 fully saturated rings. The lowest BCUT2D eigenvalue weighted by molar-refractivity contribution is 0.0218. The van der Waals surface area contributed by atoms with E-state index in [1.807, 2.05) is 26.8 Å². The van der Waals surface area contributed by atoms with E-state index in [1.54, 1.807) is 4.90 Å². The maximum atomic E-state index is 12.4. The van der Waals surface area contributed by atoms with Gasteiger partial charge in [0.05, 0.1) is 15.3 Å². The number of hydrogen-bond donors (Lipinski definition) is 1. The number of rotatable bonds is 1. The molecule has 2 aromatic heterocycles. The predicted molar refractivity (Wildman–Crippen MR) is 92.9 cm³/mol. The third-order valence-corrected chi connectivity index (χ3v) is 5.19. The van der Waals surface area contributed by atoms with Crippen molar-refractivity contribution in [2.75, 3.05) is 6.54 Å². The topological polar surface area (TPSA) is 75.3 Å². The minimum atomic E-state index is -0.548. The fraction of sp³-hybridized carbons (Fsp3) is 0.533. The number of hydrogen-bond acceptors (Lipinski definition) is 5. The summed E-state index contributed by atoms with van der Waals surface area (Å²) in [5, 5.41) is 0. The molecule has 0 aliphatic carbocycles. The Balaban J connectivity index is 1.93. The number of likely N-dealkylation sites (tertiary alicyclic amines) is 1. The second-order valence-corrected chi connectivity index (χ2v) is 8.98. The van der Waals surface area contributed by atoms with E-state index in [0.717, 1.165) is 16.6 Å². The van der Waals surface area contributed by atoms with Crippen LogP contribution in [-0.4, -0.2) is 33.1 Å². The first-order valence-corrected chi connectivity index (χ1v) is 9.04. The smallest absolute Gasteiger partial charge is 0.410 e. The number of aromatic amines is 1. The first-order valence-electron chi connectivity index (χ1n) is 7.43. The highest BCUT2D eigenvalue weighted by molar-refractivity contribution is 9.11. The number of carbonyl (C=O) groups excluding carboxylic acids is 1. The molecule has 3 heterocycles. The molecule has 124 valence electrons. The Morgan fingerprint density at radius 3 is 2.96 bits per heavy atom. The lowest BCUT2D eigenvalue weighted by Gasteiger charge is -2.28. The van der Waals surface area contributed by atoms with Crippen LogP contribution in [0.4, 0.5) is 4.79 Å². The minimum absolute atomic E-state index is 0.170. The summed E-state index contributed by atoms with van der Waals surface area (Å²) in [6, 6.07) is 1.58. The molecular formula is C15H18BrN3O3S. The highest BCUT2D eigenvalue weighted by Crippen LogP contribution is 2.32. The summed E-state index contributed by atoms with van der Waals surface area (Å²) in [7, 11) is 0. The maximum absolute atomic E-state index is 12.4. The molecule has 0 unspecified atom stereocenters. The summed E-state index contributed by atoms with van der Waals surface area (Å²) in [4.78, 5) is 33.6. The first kappa shape index (κ1) is 16.4. The van der Waals surface area contributed by atoms with Crippen LogP contribution in [0.3, 0.4) is 0 Å². The van der Waals surface area contributed by atoms with Gasteiger partial charge in [-0.3, -0.25) is 9.69 Å². The Bertz CT molecular complexity index is 808. The number of nitrogens with one attached hydrogen (secondary N) is 1. The second-order valence-electron chi connectivity index (χ2n) is 6.55. The fourth-order valence-electron chi connectivity index (χ4n) is 2.68. The Morgan fingerprint density at radius 2 is 2.26 bits per heavy atom. The molecule has 0 saturated carbocycles. The number of halogens is 1. The Hall–Kier alpha value is -1.41. The molecule has 8 heteroatoms. The van der Waals surface area contributed by atoms with Gasteiger partial charge in [0.1, 0.15) is 16.1 Å². The van der Waals surface area contributed by atoms with Gasteiger partial charge in [0, 0.05) is 6.54 Å². The van der Waals surface area contributed by atoms with Crippen LogP contribution in [0.2, 0.25) is 0 Å². The number of carbonyl (C=O) groups is 1. The SMILES string of the molecule is CC(C)(C)OC(=O)N1CCC[C@H]1c1nc2cc(Br)sc2c(=O)[nH]1. The molecule has 3 rings (SSSR count). The van der Waals surface area contributed by atoms with Crippen molar-refractivity contribution in [2.45, 2.75) is 45.3 Å². The molecule has 1 aliphatic heterocycles. The summed E-state index contributed by atoms with van der Waals surface area (Å²) in [5.41, 5.74) is -0.0684. The Kier molecular flexibility index (Phi) is 4.22. The van der Waals surface area contributed by atoms with Gasteiger partial charge in [-0.25, -0.2) is 9.78 Å². The minimum Gasteiger partial charge on any atom is -0.444 e. The highest BCUT2D eigenvalue weighted by atomic mass is 79.9. The molecular weight excluding hydrogens is 382 g/mol. The summed E-state index contributed by atoms with van der Waals surface area (Å²) >= 11 is 4.73.